The minimum atomic E-state index is -2.11. The number of nitrogens with one attached hydrogen (secondary N) is 1. The van der Waals surface area contributed by atoms with Gasteiger partial charge in [0.25, 0.3) is 11.6 Å². The Kier molecular flexibility index (Phi) is 8.32. The molecule has 7 nitrogen and oxygen atoms in total. The number of nitro benzene ring substituents is 1. The Morgan fingerprint density at radius 1 is 1.03 bits per heavy atom. The maximum atomic E-state index is 12.8. The molecule has 0 radical (unpaired) electrons. The zero-order valence-electron chi connectivity index (χ0n) is 21.8. The summed E-state index contributed by atoms with van der Waals surface area (Å²) in [5.41, 5.74) is 2.25. The Morgan fingerprint density at radius 2 is 1.61 bits per heavy atom. The molecule has 0 aliphatic carbocycles. The van der Waals surface area contributed by atoms with Crippen molar-refractivity contribution >= 4 is 31.3 Å². The molecule has 0 saturated heterocycles. The normalized spacial score (nSPS) is 12.6. The number of anilines is 2. The molecule has 3 aromatic rings. The molecule has 0 fully saturated rings. The van der Waals surface area contributed by atoms with Crippen molar-refractivity contribution in [2.45, 2.75) is 45.0 Å². The summed E-state index contributed by atoms with van der Waals surface area (Å²) in [5, 5.41) is 15.2. The average molecular weight is 506 g/mol. The lowest BCUT2D eigenvalue weighted by molar-refractivity contribution is -0.383. The quantitative estimate of drug-likeness (QED) is 0.191. The lowest BCUT2D eigenvalue weighted by Gasteiger charge is -2.39. The number of hydrogen-bond acceptors (Lipinski definition) is 5. The van der Waals surface area contributed by atoms with Crippen LogP contribution in [0.4, 0.5) is 17.1 Å². The fraction of sp³-hybridized carbons (Fsp3) is 0.321. The van der Waals surface area contributed by atoms with Gasteiger partial charge in [-0.15, -0.1) is 0 Å². The number of nitrogens with zero attached hydrogens (tertiary/aromatic N) is 2. The van der Waals surface area contributed by atoms with Gasteiger partial charge in [-0.05, 0) is 48.0 Å². The molecule has 0 aliphatic rings. The first-order valence-electron chi connectivity index (χ1n) is 12.0. The van der Waals surface area contributed by atoms with Crippen LogP contribution in [0.3, 0.4) is 0 Å². The molecule has 0 heterocycles. The molecule has 8 heteroatoms. The zero-order chi connectivity index (χ0) is 26.5. The fourth-order valence-corrected chi connectivity index (χ4v) is 4.84. The van der Waals surface area contributed by atoms with Gasteiger partial charge in [0.15, 0.2) is 8.32 Å². The van der Waals surface area contributed by atoms with Crippen molar-refractivity contribution in [3.05, 3.63) is 100 Å². The SMILES string of the molecule is CN(C(=O)c1ccccc1)c1ccc(NCC(O[Si](C)(C)C(C)(C)C)c2ccccc2)c([N+](=O)[O-])c1. The molecule has 0 spiro atoms. The van der Waals surface area contributed by atoms with Crippen molar-refractivity contribution in [3.8, 4) is 0 Å². The smallest absolute Gasteiger partial charge is 0.294 e. The zero-order valence-corrected chi connectivity index (χ0v) is 22.8. The van der Waals surface area contributed by atoms with Crippen molar-refractivity contribution in [3.63, 3.8) is 0 Å². The Morgan fingerprint density at radius 3 is 2.17 bits per heavy atom. The molecule has 1 N–H and O–H groups in total. The third-order valence-electron chi connectivity index (χ3n) is 6.78. The second kappa shape index (κ2) is 11.1. The van der Waals surface area contributed by atoms with E-state index in [0.29, 0.717) is 23.5 Å². The van der Waals surface area contributed by atoms with Crippen molar-refractivity contribution in [2.75, 3.05) is 23.8 Å². The van der Waals surface area contributed by atoms with E-state index in [0.717, 1.165) is 5.56 Å². The molecule has 36 heavy (non-hydrogen) atoms. The van der Waals surface area contributed by atoms with Crippen LogP contribution < -0.4 is 10.2 Å². The van der Waals surface area contributed by atoms with Gasteiger partial charge < -0.3 is 14.6 Å². The van der Waals surface area contributed by atoms with Crippen LogP contribution in [0.5, 0.6) is 0 Å². The van der Waals surface area contributed by atoms with E-state index in [1.165, 1.54) is 11.0 Å². The van der Waals surface area contributed by atoms with Crippen LogP contribution >= 0.6 is 0 Å². The van der Waals surface area contributed by atoms with Crippen LogP contribution in [0.25, 0.3) is 0 Å². The van der Waals surface area contributed by atoms with E-state index in [9.17, 15) is 14.9 Å². The van der Waals surface area contributed by atoms with E-state index in [4.69, 9.17) is 4.43 Å². The number of carbonyl (C=O) groups excluding carboxylic acids is 1. The third-order valence-corrected chi connectivity index (χ3v) is 11.3. The van der Waals surface area contributed by atoms with E-state index >= 15 is 0 Å². The van der Waals surface area contributed by atoms with Gasteiger partial charge in [-0.3, -0.25) is 14.9 Å². The van der Waals surface area contributed by atoms with Gasteiger partial charge in [0.2, 0.25) is 0 Å². The molecule has 3 rings (SSSR count). The molecule has 1 amide bonds. The van der Waals surface area contributed by atoms with Gasteiger partial charge >= 0.3 is 0 Å². The molecule has 0 bridgehead atoms. The molecule has 190 valence electrons. The Hall–Kier alpha value is -3.49. The summed E-state index contributed by atoms with van der Waals surface area (Å²) < 4.78 is 6.71. The summed E-state index contributed by atoms with van der Waals surface area (Å²) in [4.78, 5) is 25.8. The maximum Gasteiger partial charge on any atom is 0.294 e. The van der Waals surface area contributed by atoms with Crippen molar-refractivity contribution in [2.24, 2.45) is 0 Å². The Bertz CT molecular complexity index is 1190. The summed E-state index contributed by atoms with van der Waals surface area (Å²) in [6.45, 7) is 11.3. The molecular formula is C28H35N3O4Si. The second-order valence-corrected chi connectivity index (χ2v) is 15.1. The minimum absolute atomic E-state index is 0.0174. The molecule has 1 unspecified atom stereocenters. The Labute approximate surface area is 214 Å². The fourth-order valence-electron chi connectivity index (χ4n) is 3.55. The number of amides is 1. The van der Waals surface area contributed by atoms with Gasteiger partial charge in [-0.1, -0.05) is 69.3 Å². The minimum Gasteiger partial charge on any atom is -0.408 e. The first-order chi connectivity index (χ1) is 16.9. The number of benzene rings is 3. The van der Waals surface area contributed by atoms with Crippen LogP contribution in [-0.2, 0) is 4.43 Å². The highest BCUT2D eigenvalue weighted by atomic mass is 28.4. The molecular weight excluding hydrogens is 470 g/mol. The number of rotatable bonds is 9. The van der Waals surface area contributed by atoms with Gasteiger partial charge in [-0.25, -0.2) is 0 Å². The van der Waals surface area contributed by atoms with Gasteiger partial charge in [0, 0.05) is 25.2 Å². The van der Waals surface area contributed by atoms with Crippen molar-refractivity contribution in [1.29, 1.82) is 0 Å². The highest BCUT2D eigenvalue weighted by Crippen LogP contribution is 2.40. The van der Waals surface area contributed by atoms with Crippen LogP contribution in [0.2, 0.25) is 18.1 Å². The summed E-state index contributed by atoms with van der Waals surface area (Å²) in [7, 11) is -0.500. The lowest BCUT2D eigenvalue weighted by atomic mass is 10.1. The molecule has 0 aliphatic heterocycles. The molecule has 0 saturated carbocycles. The van der Waals surface area contributed by atoms with E-state index in [1.807, 2.05) is 36.4 Å². The highest BCUT2D eigenvalue weighted by Gasteiger charge is 2.39. The average Bonchev–Trinajstić information content (AvgIpc) is 2.85. The number of carbonyl (C=O) groups is 1. The standard InChI is InChI=1S/C28H35N3O4Si/c1-28(2,3)36(5,6)35-26(21-13-9-7-10-14-21)20-29-24-18-17-23(19-25(24)31(33)34)30(4)27(32)22-15-11-8-12-16-22/h7-19,26,29H,20H2,1-6H3. The van der Waals surface area contributed by atoms with Crippen LogP contribution in [0, 0.1) is 10.1 Å². The van der Waals surface area contributed by atoms with E-state index in [-0.39, 0.29) is 22.7 Å². The molecule has 0 aromatic heterocycles. The third kappa shape index (κ3) is 6.38. The van der Waals surface area contributed by atoms with Gasteiger partial charge in [-0.2, -0.15) is 0 Å². The van der Waals surface area contributed by atoms with Crippen LogP contribution in [0.1, 0.15) is 42.8 Å². The molecule has 3 aromatic carbocycles. The number of hydrogen-bond donors (Lipinski definition) is 1. The molecule has 1 atom stereocenters. The van der Waals surface area contributed by atoms with Crippen molar-refractivity contribution < 1.29 is 14.1 Å². The summed E-state index contributed by atoms with van der Waals surface area (Å²) >= 11 is 0. The topological polar surface area (TPSA) is 84.7 Å². The highest BCUT2D eigenvalue weighted by molar-refractivity contribution is 6.74. The van der Waals surface area contributed by atoms with Crippen LogP contribution in [-0.4, -0.2) is 32.7 Å². The summed E-state index contributed by atoms with van der Waals surface area (Å²) in [6.07, 6.45) is -0.270. The monoisotopic (exact) mass is 505 g/mol. The van der Waals surface area contributed by atoms with Gasteiger partial charge in [0.1, 0.15) is 5.69 Å². The largest absolute Gasteiger partial charge is 0.408 e. The van der Waals surface area contributed by atoms with Crippen molar-refractivity contribution in [1.82, 2.24) is 0 Å². The van der Waals surface area contributed by atoms with Gasteiger partial charge in [0.05, 0.1) is 16.7 Å². The van der Waals surface area contributed by atoms with E-state index < -0.39 is 13.2 Å². The number of nitro groups is 1. The summed E-state index contributed by atoms with van der Waals surface area (Å²) in [5.74, 6) is -0.238. The second-order valence-electron chi connectivity index (χ2n) is 10.3. The van der Waals surface area contributed by atoms with E-state index in [1.54, 1.807) is 43.4 Å². The predicted octanol–water partition coefficient (Wildman–Crippen LogP) is 7.05. The first kappa shape index (κ1) is 27.1. The first-order valence-corrected chi connectivity index (χ1v) is 14.9. The van der Waals surface area contributed by atoms with E-state index in [2.05, 4.69) is 39.2 Å². The summed E-state index contributed by atoms with van der Waals surface area (Å²) in [6, 6.07) is 23.5. The van der Waals surface area contributed by atoms with Crippen LogP contribution in [0.15, 0.2) is 78.9 Å². The lowest BCUT2D eigenvalue weighted by Crippen LogP contribution is -2.43. The predicted molar refractivity (Wildman–Crippen MR) is 148 cm³/mol. The Balaban J connectivity index is 1.85. The maximum absolute atomic E-state index is 12.8.